The van der Waals surface area contributed by atoms with Crippen molar-refractivity contribution in [1.29, 1.82) is 0 Å². The summed E-state index contributed by atoms with van der Waals surface area (Å²) in [4.78, 5) is 13.1. The summed E-state index contributed by atoms with van der Waals surface area (Å²) in [6.07, 6.45) is 5.59. The number of carbonyl (C=O) groups excluding carboxylic acids is 1. The number of nitrogens with two attached hydrogens (primary N) is 1. The van der Waals surface area contributed by atoms with Gasteiger partial charge in [0.1, 0.15) is 5.54 Å². The van der Waals surface area contributed by atoms with Crippen LogP contribution in [-0.2, 0) is 16.0 Å². The predicted octanol–water partition coefficient (Wildman–Crippen LogP) is 2.50. The highest BCUT2D eigenvalue weighted by atomic mass is 32.1. The number of rotatable bonds is 4. The second-order valence-electron chi connectivity index (χ2n) is 4.68. The Kier molecular flexibility index (Phi) is 4.18. The molecule has 1 aromatic rings. The molecule has 0 spiro atoms. The van der Waals surface area contributed by atoms with E-state index >= 15 is 0 Å². The van der Waals surface area contributed by atoms with Crippen LogP contribution in [0.2, 0.25) is 0 Å². The monoisotopic (exact) mass is 253 g/mol. The highest BCUT2D eigenvalue weighted by Crippen LogP contribution is 2.27. The zero-order chi connectivity index (χ0) is 12.1. The summed E-state index contributed by atoms with van der Waals surface area (Å²) in [5.74, 6) is -0.214. The average molecular weight is 253 g/mol. The number of hydrogen-bond donors (Lipinski definition) is 1. The van der Waals surface area contributed by atoms with Crippen LogP contribution in [0.1, 0.15) is 37.0 Å². The van der Waals surface area contributed by atoms with Gasteiger partial charge in [0.25, 0.3) is 0 Å². The molecule has 3 nitrogen and oxygen atoms in total. The zero-order valence-corrected chi connectivity index (χ0v) is 10.8. The van der Waals surface area contributed by atoms with Gasteiger partial charge in [0, 0.05) is 11.3 Å². The molecule has 0 atom stereocenters. The predicted molar refractivity (Wildman–Crippen MR) is 69.0 cm³/mol. The van der Waals surface area contributed by atoms with Gasteiger partial charge in [-0.15, -0.1) is 11.3 Å². The van der Waals surface area contributed by atoms with Crippen molar-refractivity contribution in [3.63, 3.8) is 0 Å². The largest absolute Gasteiger partial charge is 0.464 e. The van der Waals surface area contributed by atoms with Crippen LogP contribution in [0.3, 0.4) is 0 Å². The molecule has 1 fully saturated rings. The minimum absolute atomic E-state index is 0.214. The third kappa shape index (κ3) is 3.30. The minimum atomic E-state index is -0.715. The second-order valence-corrected chi connectivity index (χ2v) is 5.71. The number of esters is 1. The molecular formula is C13H19NO2S. The fraction of sp³-hybridized carbons (Fsp3) is 0.615. The van der Waals surface area contributed by atoms with Crippen molar-refractivity contribution in [1.82, 2.24) is 0 Å². The maximum absolute atomic E-state index is 11.9. The van der Waals surface area contributed by atoms with E-state index in [1.54, 1.807) is 11.3 Å². The molecule has 0 aliphatic heterocycles. The van der Waals surface area contributed by atoms with E-state index in [0.717, 1.165) is 32.1 Å². The quantitative estimate of drug-likeness (QED) is 0.839. The van der Waals surface area contributed by atoms with Gasteiger partial charge in [-0.1, -0.05) is 25.3 Å². The van der Waals surface area contributed by atoms with Crippen molar-refractivity contribution in [2.45, 2.75) is 44.1 Å². The Morgan fingerprint density at radius 3 is 2.82 bits per heavy atom. The van der Waals surface area contributed by atoms with E-state index in [1.807, 2.05) is 11.4 Å². The van der Waals surface area contributed by atoms with Gasteiger partial charge in [-0.05, 0) is 24.3 Å². The number of hydrogen-bond acceptors (Lipinski definition) is 4. The number of carbonyl (C=O) groups is 1. The van der Waals surface area contributed by atoms with E-state index in [2.05, 4.69) is 6.07 Å². The summed E-state index contributed by atoms with van der Waals surface area (Å²) in [5.41, 5.74) is 5.38. The van der Waals surface area contributed by atoms with Crippen LogP contribution >= 0.6 is 11.3 Å². The third-order valence-corrected chi connectivity index (χ3v) is 4.25. The topological polar surface area (TPSA) is 52.3 Å². The Bertz CT molecular complexity index is 356. The lowest BCUT2D eigenvalue weighted by Crippen LogP contribution is -2.50. The number of ether oxygens (including phenoxy) is 1. The summed E-state index contributed by atoms with van der Waals surface area (Å²) in [6, 6.07) is 4.06. The van der Waals surface area contributed by atoms with Crippen LogP contribution in [0.25, 0.3) is 0 Å². The van der Waals surface area contributed by atoms with E-state index in [0.29, 0.717) is 6.61 Å². The molecule has 0 radical (unpaired) electrons. The third-order valence-electron chi connectivity index (χ3n) is 3.31. The minimum Gasteiger partial charge on any atom is -0.464 e. The van der Waals surface area contributed by atoms with E-state index < -0.39 is 5.54 Å². The average Bonchev–Trinajstić information content (AvgIpc) is 2.83. The maximum atomic E-state index is 11.9. The normalized spacial score (nSPS) is 18.9. The molecule has 1 aliphatic carbocycles. The molecule has 0 aromatic carbocycles. The van der Waals surface area contributed by atoms with Crippen molar-refractivity contribution in [2.24, 2.45) is 5.73 Å². The van der Waals surface area contributed by atoms with E-state index in [9.17, 15) is 4.79 Å². The van der Waals surface area contributed by atoms with Gasteiger partial charge in [-0.3, -0.25) is 4.79 Å². The highest BCUT2D eigenvalue weighted by Gasteiger charge is 2.36. The smallest absolute Gasteiger partial charge is 0.326 e. The molecule has 0 bridgehead atoms. The van der Waals surface area contributed by atoms with Crippen LogP contribution in [0, 0.1) is 0 Å². The first kappa shape index (κ1) is 12.6. The van der Waals surface area contributed by atoms with Crippen molar-refractivity contribution in [3.8, 4) is 0 Å². The Morgan fingerprint density at radius 1 is 1.41 bits per heavy atom. The molecule has 0 unspecified atom stereocenters. The molecule has 4 heteroatoms. The van der Waals surface area contributed by atoms with Gasteiger partial charge in [0.05, 0.1) is 6.61 Å². The Morgan fingerprint density at radius 2 is 2.18 bits per heavy atom. The van der Waals surface area contributed by atoms with Crippen molar-refractivity contribution in [2.75, 3.05) is 6.61 Å². The Balaban J connectivity index is 1.76. The lowest BCUT2D eigenvalue weighted by Gasteiger charge is -2.30. The molecule has 1 aromatic heterocycles. The lowest BCUT2D eigenvalue weighted by molar-refractivity contribution is -0.151. The molecule has 17 heavy (non-hydrogen) atoms. The van der Waals surface area contributed by atoms with Crippen LogP contribution in [0.15, 0.2) is 17.5 Å². The fourth-order valence-corrected chi connectivity index (χ4v) is 2.92. The molecule has 94 valence electrons. The first-order chi connectivity index (χ1) is 8.21. The summed E-state index contributed by atoms with van der Waals surface area (Å²) < 4.78 is 5.30. The second kappa shape index (κ2) is 5.65. The molecule has 1 heterocycles. The highest BCUT2D eigenvalue weighted by molar-refractivity contribution is 7.09. The fourth-order valence-electron chi connectivity index (χ4n) is 2.23. The van der Waals surface area contributed by atoms with Gasteiger partial charge >= 0.3 is 5.97 Å². The van der Waals surface area contributed by atoms with Crippen molar-refractivity contribution in [3.05, 3.63) is 22.4 Å². The molecule has 0 amide bonds. The Hall–Kier alpha value is -0.870. The summed E-state index contributed by atoms with van der Waals surface area (Å²) in [5, 5.41) is 2.03. The SMILES string of the molecule is NC1(C(=O)OCCc2cccs2)CCCCC1. The van der Waals surface area contributed by atoms with E-state index in [4.69, 9.17) is 10.5 Å². The standard InChI is InChI=1S/C13H19NO2S/c14-13(7-2-1-3-8-13)12(15)16-9-6-11-5-4-10-17-11/h4-5,10H,1-3,6-9,14H2. The van der Waals surface area contributed by atoms with E-state index in [1.165, 1.54) is 11.3 Å². The van der Waals surface area contributed by atoms with Gasteiger partial charge < -0.3 is 10.5 Å². The van der Waals surface area contributed by atoms with E-state index in [-0.39, 0.29) is 5.97 Å². The van der Waals surface area contributed by atoms with Crippen LogP contribution in [-0.4, -0.2) is 18.1 Å². The first-order valence-electron chi connectivity index (χ1n) is 6.19. The summed E-state index contributed by atoms with van der Waals surface area (Å²) in [6.45, 7) is 0.443. The molecule has 0 saturated heterocycles. The van der Waals surface area contributed by atoms with Crippen LogP contribution in [0.4, 0.5) is 0 Å². The molecule has 2 N–H and O–H groups in total. The summed E-state index contributed by atoms with van der Waals surface area (Å²) in [7, 11) is 0. The van der Waals surface area contributed by atoms with Gasteiger partial charge in [-0.25, -0.2) is 0 Å². The van der Waals surface area contributed by atoms with Gasteiger partial charge in [-0.2, -0.15) is 0 Å². The van der Waals surface area contributed by atoms with Crippen molar-refractivity contribution >= 4 is 17.3 Å². The molecular weight excluding hydrogens is 234 g/mol. The summed E-state index contributed by atoms with van der Waals surface area (Å²) >= 11 is 1.69. The van der Waals surface area contributed by atoms with Crippen LogP contribution < -0.4 is 5.73 Å². The van der Waals surface area contributed by atoms with Crippen LogP contribution in [0.5, 0.6) is 0 Å². The lowest BCUT2D eigenvalue weighted by atomic mass is 9.83. The molecule has 2 rings (SSSR count). The zero-order valence-electron chi connectivity index (χ0n) is 9.98. The van der Waals surface area contributed by atoms with Gasteiger partial charge in [0.2, 0.25) is 0 Å². The first-order valence-corrected chi connectivity index (χ1v) is 7.07. The molecule has 1 saturated carbocycles. The maximum Gasteiger partial charge on any atom is 0.326 e. The molecule has 1 aliphatic rings. The van der Waals surface area contributed by atoms with Crippen molar-refractivity contribution < 1.29 is 9.53 Å². The van der Waals surface area contributed by atoms with Gasteiger partial charge in [0.15, 0.2) is 0 Å². The number of thiophene rings is 1. The Labute approximate surface area is 106 Å².